The predicted octanol–water partition coefficient (Wildman–Crippen LogP) is 2.61. The fraction of sp³-hybridized carbons (Fsp3) is 0.400. The monoisotopic (exact) mass is 260 g/mol. The Labute approximate surface area is 92.1 Å². The van der Waals surface area contributed by atoms with E-state index in [-0.39, 0.29) is 0 Å². The number of methoxy groups -OCH3 is 3. The van der Waals surface area contributed by atoms with Crippen molar-refractivity contribution in [2.24, 2.45) is 0 Å². The van der Waals surface area contributed by atoms with Crippen molar-refractivity contribution in [2.45, 2.75) is 5.33 Å². The minimum atomic E-state index is 0.684. The summed E-state index contributed by atoms with van der Waals surface area (Å²) in [7, 11) is 4.86. The molecule has 0 amide bonds. The lowest BCUT2D eigenvalue weighted by Gasteiger charge is -2.12. The minimum absolute atomic E-state index is 0.684. The van der Waals surface area contributed by atoms with Crippen molar-refractivity contribution in [2.75, 3.05) is 21.3 Å². The van der Waals surface area contributed by atoms with Crippen molar-refractivity contribution in [3.63, 3.8) is 0 Å². The molecule has 0 bridgehead atoms. The van der Waals surface area contributed by atoms with Gasteiger partial charge in [0.25, 0.3) is 0 Å². The number of ether oxygens (including phenoxy) is 3. The first-order chi connectivity index (χ1) is 6.76. The number of rotatable bonds is 4. The average molecular weight is 261 g/mol. The minimum Gasteiger partial charge on any atom is -0.496 e. The van der Waals surface area contributed by atoms with Gasteiger partial charge in [0.15, 0.2) is 0 Å². The van der Waals surface area contributed by atoms with Gasteiger partial charge in [-0.3, -0.25) is 0 Å². The lowest BCUT2D eigenvalue weighted by Crippen LogP contribution is -1.96. The van der Waals surface area contributed by atoms with E-state index in [1.807, 2.05) is 12.1 Å². The summed E-state index contributed by atoms with van der Waals surface area (Å²) >= 11 is 3.39. The molecule has 0 spiro atoms. The molecule has 0 heterocycles. The Kier molecular flexibility index (Phi) is 4.07. The standard InChI is InChI=1S/C10H13BrO3/c1-12-7-4-9(13-2)8(6-11)10(5-7)14-3/h4-5H,6H2,1-3H3. The smallest absolute Gasteiger partial charge is 0.130 e. The molecule has 0 aliphatic carbocycles. The molecular weight excluding hydrogens is 248 g/mol. The number of hydrogen-bond donors (Lipinski definition) is 0. The first kappa shape index (κ1) is 11.2. The molecule has 0 aromatic heterocycles. The van der Waals surface area contributed by atoms with Gasteiger partial charge < -0.3 is 14.2 Å². The van der Waals surface area contributed by atoms with Gasteiger partial charge in [0, 0.05) is 23.0 Å². The van der Waals surface area contributed by atoms with Crippen molar-refractivity contribution < 1.29 is 14.2 Å². The van der Waals surface area contributed by atoms with Crippen LogP contribution < -0.4 is 14.2 Å². The highest BCUT2D eigenvalue weighted by molar-refractivity contribution is 9.08. The Morgan fingerprint density at radius 3 is 1.79 bits per heavy atom. The molecule has 1 rings (SSSR count). The third-order valence-corrected chi connectivity index (χ3v) is 2.51. The molecule has 0 aliphatic rings. The van der Waals surface area contributed by atoms with Crippen molar-refractivity contribution in [3.8, 4) is 17.2 Å². The molecule has 14 heavy (non-hydrogen) atoms. The second-order valence-corrected chi connectivity index (χ2v) is 3.20. The van der Waals surface area contributed by atoms with Crippen LogP contribution in [0, 0.1) is 0 Å². The van der Waals surface area contributed by atoms with E-state index in [0.29, 0.717) is 5.33 Å². The third kappa shape index (κ3) is 2.12. The van der Waals surface area contributed by atoms with Crippen molar-refractivity contribution in [1.82, 2.24) is 0 Å². The largest absolute Gasteiger partial charge is 0.496 e. The summed E-state index contributed by atoms with van der Waals surface area (Å²) in [4.78, 5) is 0. The van der Waals surface area contributed by atoms with Crippen LogP contribution in [0.25, 0.3) is 0 Å². The molecular formula is C10H13BrO3. The van der Waals surface area contributed by atoms with Crippen LogP contribution in [0.3, 0.4) is 0 Å². The molecule has 0 aliphatic heterocycles. The molecule has 78 valence electrons. The van der Waals surface area contributed by atoms with E-state index in [1.165, 1.54) is 0 Å². The van der Waals surface area contributed by atoms with Gasteiger partial charge in [0.1, 0.15) is 17.2 Å². The maximum atomic E-state index is 5.23. The summed E-state index contributed by atoms with van der Waals surface area (Å²) in [5.74, 6) is 2.25. The number of halogens is 1. The third-order valence-electron chi connectivity index (χ3n) is 1.95. The zero-order valence-corrected chi connectivity index (χ0v) is 10.1. The van der Waals surface area contributed by atoms with Gasteiger partial charge in [-0.15, -0.1) is 0 Å². The summed E-state index contributed by atoms with van der Waals surface area (Å²) in [6.45, 7) is 0. The van der Waals surface area contributed by atoms with Crippen molar-refractivity contribution in [3.05, 3.63) is 17.7 Å². The van der Waals surface area contributed by atoms with Gasteiger partial charge in [-0.1, -0.05) is 15.9 Å². The number of benzene rings is 1. The van der Waals surface area contributed by atoms with Gasteiger partial charge in [0.05, 0.1) is 21.3 Å². The fourth-order valence-corrected chi connectivity index (χ4v) is 1.76. The maximum Gasteiger partial charge on any atom is 0.130 e. The highest BCUT2D eigenvalue weighted by Crippen LogP contribution is 2.35. The summed E-state index contributed by atoms with van der Waals surface area (Å²) in [6, 6.07) is 3.66. The van der Waals surface area contributed by atoms with Gasteiger partial charge in [-0.2, -0.15) is 0 Å². The van der Waals surface area contributed by atoms with Crippen LogP contribution in [0.4, 0.5) is 0 Å². The van der Waals surface area contributed by atoms with E-state index in [0.717, 1.165) is 22.8 Å². The zero-order valence-electron chi connectivity index (χ0n) is 8.46. The van der Waals surface area contributed by atoms with Crippen LogP contribution in [0.15, 0.2) is 12.1 Å². The van der Waals surface area contributed by atoms with Crippen LogP contribution in [0.2, 0.25) is 0 Å². The molecule has 0 atom stereocenters. The summed E-state index contributed by atoms with van der Waals surface area (Å²) in [5, 5.41) is 0.684. The maximum absolute atomic E-state index is 5.23. The molecule has 0 unspecified atom stereocenters. The lowest BCUT2D eigenvalue weighted by molar-refractivity contribution is 0.371. The first-order valence-electron chi connectivity index (χ1n) is 4.11. The van der Waals surface area contributed by atoms with Crippen molar-refractivity contribution in [1.29, 1.82) is 0 Å². The average Bonchev–Trinajstić information content (AvgIpc) is 2.26. The summed E-state index contributed by atoms with van der Waals surface area (Å²) in [6.07, 6.45) is 0. The summed E-state index contributed by atoms with van der Waals surface area (Å²) in [5.41, 5.74) is 0.982. The topological polar surface area (TPSA) is 27.7 Å². The predicted molar refractivity (Wildman–Crippen MR) is 58.7 cm³/mol. The van der Waals surface area contributed by atoms with E-state index in [1.54, 1.807) is 21.3 Å². The van der Waals surface area contributed by atoms with Gasteiger partial charge in [-0.05, 0) is 0 Å². The van der Waals surface area contributed by atoms with Gasteiger partial charge in [0.2, 0.25) is 0 Å². The Balaban J connectivity index is 3.24. The second-order valence-electron chi connectivity index (χ2n) is 2.64. The molecule has 0 fully saturated rings. The molecule has 4 heteroatoms. The van der Waals surface area contributed by atoms with E-state index in [2.05, 4.69) is 15.9 Å². The molecule has 3 nitrogen and oxygen atoms in total. The summed E-state index contributed by atoms with van der Waals surface area (Å²) < 4.78 is 15.6. The molecule has 1 aromatic rings. The second kappa shape index (κ2) is 5.10. The molecule has 0 saturated heterocycles. The molecule has 0 N–H and O–H groups in total. The highest BCUT2D eigenvalue weighted by Gasteiger charge is 2.11. The van der Waals surface area contributed by atoms with Crippen LogP contribution in [0.1, 0.15) is 5.56 Å². The van der Waals surface area contributed by atoms with Gasteiger partial charge in [-0.25, -0.2) is 0 Å². The quantitative estimate of drug-likeness (QED) is 0.780. The van der Waals surface area contributed by atoms with Crippen LogP contribution in [0.5, 0.6) is 17.2 Å². The normalized spacial score (nSPS) is 9.71. The van der Waals surface area contributed by atoms with E-state index >= 15 is 0 Å². The van der Waals surface area contributed by atoms with Crippen LogP contribution in [-0.2, 0) is 5.33 Å². The Morgan fingerprint density at radius 2 is 1.50 bits per heavy atom. The van der Waals surface area contributed by atoms with E-state index < -0.39 is 0 Å². The van der Waals surface area contributed by atoms with Crippen molar-refractivity contribution >= 4 is 15.9 Å². The zero-order chi connectivity index (χ0) is 10.6. The van der Waals surface area contributed by atoms with E-state index in [4.69, 9.17) is 14.2 Å². The molecule has 1 aromatic carbocycles. The first-order valence-corrected chi connectivity index (χ1v) is 5.23. The number of hydrogen-bond acceptors (Lipinski definition) is 3. The highest BCUT2D eigenvalue weighted by atomic mass is 79.9. The Bertz CT molecular complexity index is 287. The lowest BCUT2D eigenvalue weighted by atomic mass is 10.2. The Morgan fingerprint density at radius 1 is 1.00 bits per heavy atom. The fourth-order valence-electron chi connectivity index (χ4n) is 1.21. The van der Waals surface area contributed by atoms with Crippen LogP contribution in [-0.4, -0.2) is 21.3 Å². The molecule has 0 saturated carbocycles. The SMILES string of the molecule is COc1cc(OC)c(CBr)c(OC)c1. The van der Waals surface area contributed by atoms with Crippen LogP contribution >= 0.6 is 15.9 Å². The Hall–Kier alpha value is -0.900. The number of alkyl halides is 1. The van der Waals surface area contributed by atoms with E-state index in [9.17, 15) is 0 Å². The van der Waals surface area contributed by atoms with Gasteiger partial charge >= 0.3 is 0 Å². The molecule has 0 radical (unpaired) electrons.